The second-order valence-electron chi connectivity index (χ2n) is 4.30. The van der Waals surface area contributed by atoms with Gasteiger partial charge in [0.2, 0.25) is 6.39 Å². The van der Waals surface area contributed by atoms with Crippen LogP contribution >= 0.6 is 0 Å². The number of rotatable bonds is 4. The van der Waals surface area contributed by atoms with Crippen LogP contribution in [0, 0.1) is 11.3 Å². The summed E-state index contributed by atoms with van der Waals surface area (Å²) in [4.78, 5) is 0. The van der Waals surface area contributed by atoms with Crippen molar-refractivity contribution in [3.05, 3.63) is 66.1 Å². The van der Waals surface area contributed by atoms with Gasteiger partial charge in [0.25, 0.3) is 5.89 Å². The van der Waals surface area contributed by atoms with E-state index >= 15 is 0 Å². The van der Waals surface area contributed by atoms with Gasteiger partial charge < -0.3 is 9.15 Å². The van der Waals surface area contributed by atoms with Crippen LogP contribution in [0.25, 0.3) is 11.5 Å². The maximum Gasteiger partial charge on any atom is 0.251 e. The van der Waals surface area contributed by atoms with Crippen molar-refractivity contribution in [1.29, 1.82) is 5.26 Å². The van der Waals surface area contributed by atoms with Crippen LogP contribution in [0.5, 0.6) is 5.75 Å². The minimum atomic E-state index is 0.300. The average molecular weight is 277 g/mol. The van der Waals surface area contributed by atoms with E-state index in [9.17, 15) is 0 Å². The second-order valence-corrected chi connectivity index (χ2v) is 4.30. The third-order valence-corrected chi connectivity index (χ3v) is 3.00. The molecule has 3 rings (SSSR count). The quantitative estimate of drug-likeness (QED) is 0.732. The molecule has 3 aromatic rings. The number of ether oxygens (including phenoxy) is 1. The fourth-order valence-corrected chi connectivity index (χ4v) is 1.97. The molecule has 0 bridgehead atoms. The van der Waals surface area contributed by atoms with E-state index in [-0.39, 0.29) is 0 Å². The van der Waals surface area contributed by atoms with Crippen LogP contribution in [0.1, 0.15) is 11.1 Å². The Balaban J connectivity index is 1.85. The molecule has 0 saturated heterocycles. The van der Waals surface area contributed by atoms with Crippen LogP contribution in [0.2, 0.25) is 0 Å². The van der Waals surface area contributed by atoms with Gasteiger partial charge in [-0.3, -0.25) is 0 Å². The van der Waals surface area contributed by atoms with Crippen LogP contribution in [-0.4, -0.2) is 10.2 Å². The first-order valence-corrected chi connectivity index (χ1v) is 6.35. The van der Waals surface area contributed by atoms with Crippen LogP contribution in [0.4, 0.5) is 0 Å². The maximum atomic E-state index is 9.08. The zero-order valence-corrected chi connectivity index (χ0v) is 11.1. The molecule has 0 radical (unpaired) electrons. The van der Waals surface area contributed by atoms with Crippen LogP contribution in [-0.2, 0) is 6.61 Å². The normalized spacial score (nSPS) is 10.0. The Labute approximate surface area is 121 Å². The fraction of sp³-hybridized carbons (Fsp3) is 0.0625. The van der Waals surface area contributed by atoms with Crippen molar-refractivity contribution in [2.24, 2.45) is 0 Å². The molecule has 0 atom stereocenters. The Hall–Kier alpha value is -3.13. The molecule has 5 heteroatoms. The van der Waals surface area contributed by atoms with Gasteiger partial charge in [-0.2, -0.15) is 5.26 Å². The molecule has 1 aromatic heterocycles. The van der Waals surface area contributed by atoms with E-state index < -0.39 is 0 Å². The molecule has 0 fully saturated rings. The van der Waals surface area contributed by atoms with Crippen molar-refractivity contribution < 1.29 is 9.15 Å². The molecular formula is C16H11N3O2. The van der Waals surface area contributed by atoms with Crippen LogP contribution < -0.4 is 4.74 Å². The molecule has 0 spiro atoms. The third-order valence-electron chi connectivity index (χ3n) is 3.00. The number of hydrogen-bond acceptors (Lipinski definition) is 5. The number of para-hydroxylation sites is 1. The Bertz CT molecular complexity index is 776. The second kappa shape index (κ2) is 5.88. The standard InChI is InChI=1S/C16H11N3O2/c17-9-12-5-1-2-6-13(12)10-20-15-8-4-3-7-14(15)16-19-18-11-21-16/h1-8,11H,10H2. The van der Waals surface area contributed by atoms with Gasteiger partial charge in [-0.1, -0.05) is 30.3 Å². The first-order chi connectivity index (χ1) is 10.4. The van der Waals surface area contributed by atoms with Crippen molar-refractivity contribution in [2.45, 2.75) is 6.61 Å². The van der Waals surface area contributed by atoms with Gasteiger partial charge in [-0.15, -0.1) is 10.2 Å². The molecule has 0 aliphatic carbocycles. The van der Waals surface area contributed by atoms with Crippen LogP contribution in [0.15, 0.2) is 59.3 Å². The molecule has 0 saturated carbocycles. The average Bonchev–Trinajstić information content (AvgIpc) is 3.08. The lowest BCUT2D eigenvalue weighted by atomic mass is 10.1. The van der Waals surface area contributed by atoms with Gasteiger partial charge in [0.1, 0.15) is 12.4 Å². The molecule has 21 heavy (non-hydrogen) atoms. The number of nitrogens with zero attached hydrogens (tertiary/aromatic N) is 3. The SMILES string of the molecule is N#Cc1ccccc1COc1ccccc1-c1nnco1. The topological polar surface area (TPSA) is 71.9 Å². The van der Waals surface area contributed by atoms with Crippen LogP contribution in [0.3, 0.4) is 0 Å². The van der Waals surface area contributed by atoms with E-state index in [1.165, 1.54) is 6.39 Å². The minimum absolute atomic E-state index is 0.300. The van der Waals surface area contributed by atoms with E-state index in [0.29, 0.717) is 23.8 Å². The number of hydrogen-bond donors (Lipinski definition) is 0. The minimum Gasteiger partial charge on any atom is -0.488 e. The highest BCUT2D eigenvalue weighted by molar-refractivity contribution is 5.62. The Morgan fingerprint density at radius 3 is 2.71 bits per heavy atom. The highest BCUT2D eigenvalue weighted by atomic mass is 16.5. The zero-order valence-electron chi connectivity index (χ0n) is 11.1. The van der Waals surface area contributed by atoms with Gasteiger partial charge >= 0.3 is 0 Å². The molecule has 0 unspecified atom stereocenters. The Kier molecular flexibility index (Phi) is 3.61. The van der Waals surface area contributed by atoms with Crippen molar-refractivity contribution in [1.82, 2.24) is 10.2 Å². The largest absolute Gasteiger partial charge is 0.488 e. The predicted molar refractivity (Wildman–Crippen MR) is 75.2 cm³/mol. The molecule has 0 N–H and O–H groups in total. The summed E-state index contributed by atoms with van der Waals surface area (Å²) in [6, 6.07) is 16.9. The lowest BCUT2D eigenvalue weighted by molar-refractivity contribution is 0.306. The number of aromatic nitrogens is 2. The third kappa shape index (κ3) is 2.74. The van der Waals surface area contributed by atoms with E-state index in [1.54, 1.807) is 6.07 Å². The highest BCUT2D eigenvalue weighted by Gasteiger charge is 2.11. The van der Waals surface area contributed by atoms with Gasteiger partial charge in [0.05, 0.1) is 17.2 Å². The lowest BCUT2D eigenvalue weighted by Crippen LogP contribution is -1.99. The predicted octanol–water partition coefficient (Wildman–Crippen LogP) is 3.19. The summed E-state index contributed by atoms with van der Waals surface area (Å²) in [6.07, 6.45) is 1.27. The fourth-order valence-electron chi connectivity index (χ4n) is 1.97. The van der Waals surface area contributed by atoms with Crippen molar-refractivity contribution in [2.75, 3.05) is 0 Å². The van der Waals surface area contributed by atoms with E-state index in [2.05, 4.69) is 16.3 Å². The van der Waals surface area contributed by atoms with Crippen molar-refractivity contribution in [3.63, 3.8) is 0 Å². The summed E-state index contributed by atoms with van der Waals surface area (Å²) in [7, 11) is 0. The van der Waals surface area contributed by atoms with Gasteiger partial charge in [0, 0.05) is 5.56 Å². The Morgan fingerprint density at radius 2 is 1.90 bits per heavy atom. The lowest BCUT2D eigenvalue weighted by Gasteiger charge is -2.10. The van der Waals surface area contributed by atoms with Gasteiger partial charge in [-0.05, 0) is 18.2 Å². The summed E-state index contributed by atoms with van der Waals surface area (Å²) in [5.74, 6) is 1.04. The molecule has 1 heterocycles. The van der Waals surface area contributed by atoms with E-state index in [0.717, 1.165) is 11.1 Å². The molecule has 102 valence electrons. The summed E-state index contributed by atoms with van der Waals surface area (Å²) in [5, 5.41) is 16.6. The van der Waals surface area contributed by atoms with Crippen molar-refractivity contribution in [3.8, 4) is 23.3 Å². The van der Waals surface area contributed by atoms with E-state index in [4.69, 9.17) is 14.4 Å². The number of nitriles is 1. The Morgan fingerprint density at radius 1 is 1.10 bits per heavy atom. The molecular weight excluding hydrogens is 266 g/mol. The highest BCUT2D eigenvalue weighted by Crippen LogP contribution is 2.28. The molecule has 0 aliphatic heterocycles. The molecule has 2 aromatic carbocycles. The first-order valence-electron chi connectivity index (χ1n) is 6.35. The van der Waals surface area contributed by atoms with Gasteiger partial charge in [0.15, 0.2) is 0 Å². The van der Waals surface area contributed by atoms with E-state index in [1.807, 2.05) is 42.5 Å². The van der Waals surface area contributed by atoms with Gasteiger partial charge in [-0.25, -0.2) is 0 Å². The zero-order chi connectivity index (χ0) is 14.5. The molecule has 0 aliphatic rings. The van der Waals surface area contributed by atoms with Crippen molar-refractivity contribution >= 4 is 0 Å². The summed E-state index contributed by atoms with van der Waals surface area (Å²) < 4.78 is 11.0. The summed E-state index contributed by atoms with van der Waals surface area (Å²) in [5.41, 5.74) is 2.16. The maximum absolute atomic E-state index is 9.08. The smallest absolute Gasteiger partial charge is 0.251 e. The molecule has 0 amide bonds. The summed E-state index contributed by atoms with van der Waals surface area (Å²) in [6.45, 7) is 0.300. The molecule has 5 nitrogen and oxygen atoms in total. The first kappa shape index (κ1) is 12.9. The monoisotopic (exact) mass is 277 g/mol. The summed E-state index contributed by atoms with van der Waals surface area (Å²) >= 11 is 0. The number of benzene rings is 2.